The summed E-state index contributed by atoms with van der Waals surface area (Å²) in [6.45, 7) is 4.08. The molecule has 0 radical (unpaired) electrons. The van der Waals surface area contributed by atoms with Crippen molar-refractivity contribution in [2.75, 3.05) is 6.54 Å². The highest BCUT2D eigenvalue weighted by Gasteiger charge is 2.26. The maximum atomic E-state index is 6.11. The highest BCUT2D eigenvalue weighted by molar-refractivity contribution is 7.10. The molecule has 0 aliphatic carbocycles. The van der Waals surface area contributed by atoms with E-state index in [1.807, 2.05) is 23.5 Å². The quantitative estimate of drug-likeness (QED) is 0.774. The van der Waals surface area contributed by atoms with Gasteiger partial charge in [0.25, 0.3) is 0 Å². The molecule has 0 fully saturated rings. The van der Waals surface area contributed by atoms with Gasteiger partial charge in [-0.15, -0.1) is 11.3 Å². The minimum atomic E-state index is 0.186. The highest BCUT2D eigenvalue weighted by atomic mass is 35.5. The number of thiophene rings is 1. The van der Waals surface area contributed by atoms with Gasteiger partial charge >= 0.3 is 0 Å². The molecule has 1 aliphatic heterocycles. The van der Waals surface area contributed by atoms with Crippen molar-refractivity contribution in [3.63, 3.8) is 0 Å². The van der Waals surface area contributed by atoms with Crippen LogP contribution in [0.1, 0.15) is 29.2 Å². The zero-order valence-corrected chi connectivity index (χ0v) is 13.3. The molecule has 0 spiro atoms. The summed E-state index contributed by atoms with van der Waals surface area (Å²) in [5, 5.41) is 6.54. The van der Waals surface area contributed by atoms with Crippen molar-refractivity contribution in [3.05, 3.63) is 50.9 Å². The average Bonchev–Trinajstić information content (AvgIpc) is 3.09. The number of halogens is 1. The van der Waals surface area contributed by atoms with Crippen LogP contribution in [0.15, 0.2) is 29.6 Å². The van der Waals surface area contributed by atoms with E-state index in [0.717, 1.165) is 41.4 Å². The lowest BCUT2D eigenvalue weighted by Crippen LogP contribution is -2.31. The molecule has 0 saturated carbocycles. The van der Waals surface area contributed by atoms with Gasteiger partial charge in [0.1, 0.15) is 5.82 Å². The van der Waals surface area contributed by atoms with Crippen LogP contribution in [0.4, 0.5) is 0 Å². The molecule has 1 aromatic carbocycles. The normalized spacial score (nSPS) is 18.1. The number of imidazole rings is 1. The number of rotatable bonds is 2. The smallest absolute Gasteiger partial charge is 0.131 e. The molecule has 108 valence electrons. The van der Waals surface area contributed by atoms with Crippen LogP contribution in [-0.2, 0) is 13.0 Å². The second-order valence-electron chi connectivity index (χ2n) is 5.28. The fourth-order valence-corrected chi connectivity index (χ4v) is 4.24. The van der Waals surface area contributed by atoms with Crippen molar-refractivity contribution in [3.8, 4) is 0 Å². The van der Waals surface area contributed by atoms with Gasteiger partial charge in [0.05, 0.1) is 17.1 Å². The van der Waals surface area contributed by atoms with Crippen molar-refractivity contribution >= 4 is 34.0 Å². The molecular weight excluding hydrogens is 302 g/mol. The predicted octanol–water partition coefficient (Wildman–Crippen LogP) is 4.01. The third-order valence-electron chi connectivity index (χ3n) is 4.11. The largest absolute Gasteiger partial charge is 0.327 e. The lowest BCUT2D eigenvalue weighted by molar-refractivity contribution is 0.527. The van der Waals surface area contributed by atoms with Crippen LogP contribution in [0.3, 0.4) is 0 Å². The third-order valence-corrected chi connectivity index (χ3v) is 5.34. The Kier molecular flexibility index (Phi) is 3.25. The first-order chi connectivity index (χ1) is 10.3. The molecular formula is C16H16ClN3S. The van der Waals surface area contributed by atoms with E-state index in [1.165, 1.54) is 10.4 Å². The summed E-state index contributed by atoms with van der Waals surface area (Å²) in [4.78, 5) is 6.35. The zero-order chi connectivity index (χ0) is 14.4. The molecule has 1 unspecified atom stereocenters. The van der Waals surface area contributed by atoms with Crippen LogP contribution >= 0.6 is 22.9 Å². The number of aromatic nitrogens is 2. The molecule has 0 amide bonds. The van der Waals surface area contributed by atoms with Crippen LogP contribution in [0.5, 0.6) is 0 Å². The van der Waals surface area contributed by atoms with Crippen molar-refractivity contribution in [2.24, 2.45) is 0 Å². The van der Waals surface area contributed by atoms with Crippen LogP contribution in [0, 0.1) is 0 Å². The average molecular weight is 318 g/mol. The molecule has 3 aromatic rings. The van der Waals surface area contributed by atoms with E-state index in [4.69, 9.17) is 16.6 Å². The Balaban J connectivity index is 1.91. The Morgan fingerprint density at radius 1 is 1.43 bits per heavy atom. The van der Waals surface area contributed by atoms with E-state index in [1.54, 1.807) is 0 Å². The number of nitrogens with zero attached hydrogens (tertiary/aromatic N) is 2. The standard InChI is InChI=1S/C16H16ClN3S/c1-2-20-13-4-3-10(17)9-12(13)19-16(20)15-11-6-8-21-14(11)5-7-18-15/h3-4,6,8-9,15,18H,2,5,7H2,1H3. The maximum Gasteiger partial charge on any atom is 0.131 e. The number of benzene rings is 1. The minimum Gasteiger partial charge on any atom is -0.327 e. The second-order valence-corrected chi connectivity index (χ2v) is 6.72. The summed E-state index contributed by atoms with van der Waals surface area (Å²) < 4.78 is 2.29. The van der Waals surface area contributed by atoms with Crippen LogP contribution in [0.2, 0.25) is 5.02 Å². The lowest BCUT2D eigenvalue weighted by Gasteiger charge is -2.24. The van der Waals surface area contributed by atoms with Crippen molar-refractivity contribution < 1.29 is 0 Å². The summed E-state index contributed by atoms with van der Waals surface area (Å²) in [5.41, 5.74) is 3.51. The number of hydrogen-bond donors (Lipinski definition) is 1. The van der Waals surface area contributed by atoms with Gasteiger partial charge in [0.15, 0.2) is 0 Å². The molecule has 1 atom stereocenters. The predicted molar refractivity (Wildman–Crippen MR) is 88.3 cm³/mol. The van der Waals surface area contributed by atoms with Crippen LogP contribution in [0.25, 0.3) is 11.0 Å². The van der Waals surface area contributed by atoms with Crippen LogP contribution in [-0.4, -0.2) is 16.1 Å². The molecule has 0 bridgehead atoms. The van der Waals surface area contributed by atoms with Gasteiger partial charge in [-0.25, -0.2) is 4.98 Å². The Hall–Kier alpha value is -1.36. The Labute approximate surface area is 132 Å². The van der Waals surface area contributed by atoms with Gasteiger partial charge in [0, 0.05) is 23.0 Å². The summed E-state index contributed by atoms with van der Waals surface area (Å²) in [5.74, 6) is 1.09. The molecule has 3 heterocycles. The maximum absolute atomic E-state index is 6.11. The van der Waals surface area contributed by atoms with E-state index < -0.39 is 0 Å². The first-order valence-corrected chi connectivity index (χ1v) is 8.49. The summed E-state index contributed by atoms with van der Waals surface area (Å²) >= 11 is 7.96. The minimum absolute atomic E-state index is 0.186. The van der Waals surface area contributed by atoms with Gasteiger partial charge in [-0.2, -0.15) is 0 Å². The molecule has 1 aliphatic rings. The Bertz CT molecular complexity index is 805. The fourth-order valence-electron chi connectivity index (χ4n) is 3.16. The SMILES string of the molecule is CCn1c(C2NCCc3sccc32)nc2cc(Cl)ccc21. The monoisotopic (exact) mass is 317 g/mol. The Morgan fingerprint density at radius 2 is 2.33 bits per heavy atom. The summed E-state index contributed by atoms with van der Waals surface area (Å²) in [6.07, 6.45) is 1.11. The zero-order valence-electron chi connectivity index (χ0n) is 11.8. The summed E-state index contributed by atoms with van der Waals surface area (Å²) in [7, 11) is 0. The van der Waals surface area contributed by atoms with Crippen molar-refractivity contribution in [1.82, 2.24) is 14.9 Å². The van der Waals surface area contributed by atoms with E-state index in [9.17, 15) is 0 Å². The number of hydrogen-bond acceptors (Lipinski definition) is 3. The topological polar surface area (TPSA) is 29.9 Å². The number of nitrogens with one attached hydrogen (secondary N) is 1. The summed E-state index contributed by atoms with van der Waals surface area (Å²) in [6, 6.07) is 8.36. The van der Waals surface area contributed by atoms with Gasteiger partial charge in [-0.1, -0.05) is 11.6 Å². The molecule has 2 aromatic heterocycles. The molecule has 3 nitrogen and oxygen atoms in total. The molecule has 0 saturated heterocycles. The number of fused-ring (bicyclic) bond motifs is 2. The third kappa shape index (κ3) is 2.09. The van der Waals surface area contributed by atoms with Crippen LogP contribution < -0.4 is 5.32 Å². The fraction of sp³-hybridized carbons (Fsp3) is 0.312. The first kappa shape index (κ1) is 13.3. The van der Waals surface area contributed by atoms with E-state index >= 15 is 0 Å². The molecule has 1 N–H and O–H groups in total. The van der Waals surface area contributed by atoms with Gasteiger partial charge in [-0.3, -0.25) is 0 Å². The van der Waals surface area contributed by atoms with Gasteiger partial charge < -0.3 is 9.88 Å². The molecule has 21 heavy (non-hydrogen) atoms. The van der Waals surface area contributed by atoms with E-state index in [2.05, 4.69) is 34.3 Å². The second kappa shape index (κ2) is 5.13. The first-order valence-electron chi connectivity index (χ1n) is 7.23. The lowest BCUT2D eigenvalue weighted by atomic mass is 10.0. The van der Waals surface area contributed by atoms with E-state index in [0.29, 0.717) is 0 Å². The van der Waals surface area contributed by atoms with Crippen molar-refractivity contribution in [1.29, 1.82) is 0 Å². The molecule has 5 heteroatoms. The van der Waals surface area contributed by atoms with Gasteiger partial charge in [0.2, 0.25) is 0 Å². The highest BCUT2D eigenvalue weighted by Crippen LogP contribution is 2.33. The van der Waals surface area contributed by atoms with Gasteiger partial charge in [-0.05, 0) is 48.6 Å². The molecule has 4 rings (SSSR count). The van der Waals surface area contributed by atoms with E-state index in [-0.39, 0.29) is 6.04 Å². The Morgan fingerprint density at radius 3 is 3.19 bits per heavy atom. The number of aryl methyl sites for hydroxylation is 1. The van der Waals surface area contributed by atoms with Crippen molar-refractivity contribution in [2.45, 2.75) is 25.9 Å².